The fraction of sp³-hybridized carbons (Fsp3) is 0.857. The van der Waals surface area contributed by atoms with Crippen molar-refractivity contribution in [3.05, 3.63) is 12.2 Å². The van der Waals surface area contributed by atoms with E-state index in [0.29, 0.717) is 0 Å². The first-order valence-corrected chi connectivity index (χ1v) is 12.6. The number of rotatable bonds is 17. The zero-order chi connectivity index (χ0) is 20.7. The molecule has 6 nitrogen and oxygen atoms in total. The highest BCUT2D eigenvalue weighted by Gasteiger charge is 2.38. The molecule has 164 valence electrons. The summed E-state index contributed by atoms with van der Waals surface area (Å²) in [6, 6.07) is -0.396. The SMILES string of the molecule is CCCCCCCCCCCCC/C=C/[C@H]1OC(=O)N[C@H]1CP(=O)(OC)OC. The minimum Gasteiger partial charge on any atom is -0.440 e. The van der Waals surface area contributed by atoms with Gasteiger partial charge in [0.15, 0.2) is 0 Å². The van der Waals surface area contributed by atoms with Gasteiger partial charge in [0.2, 0.25) is 0 Å². The highest BCUT2D eigenvalue weighted by molar-refractivity contribution is 7.53. The lowest BCUT2D eigenvalue weighted by Crippen LogP contribution is -2.34. The lowest BCUT2D eigenvalue weighted by atomic mass is 10.0. The van der Waals surface area contributed by atoms with Crippen molar-refractivity contribution in [3.63, 3.8) is 0 Å². The molecule has 0 saturated carbocycles. The molecule has 0 unspecified atom stereocenters. The van der Waals surface area contributed by atoms with Crippen molar-refractivity contribution in [3.8, 4) is 0 Å². The molecule has 1 amide bonds. The van der Waals surface area contributed by atoms with Crippen LogP contribution in [0.1, 0.15) is 84.0 Å². The standard InChI is InChI=1S/C21H40NO5P/c1-4-5-6-7-8-9-10-11-12-13-14-15-16-17-20-19(22-21(23)27-20)18-28(24,25-2)26-3/h16-17,19-20H,4-15,18H2,1-3H3,(H,22,23)/b17-16+/t19-,20+/m0/s1. The molecule has 0 aliphatic carbocycles. The van der Waals surface area contributed by atoms with Crippen LogP contribution in [0, 0.1) is 0 Å². The molecule has 0 bridgehead atoms. The van der Waals surface area contributed by atoms with E-state index < -0.39 is 25.8 Å². The summed E-state index contributed by atoms with van der Waals surface area (Å²) in [6.45, 7) is 2.26. The number of alkyl carbamates (subject to hydrolysis) is 1. The Hall–Kier alpha value is -0.840. The number of amides is 1. The Kier molecular flexibility index (Phi) is 13.6. The molecule has 1 aliphatic heterocycles. The third-order valence-electron chi connectivity index (χ3n) is 5.22. The third kappa shape index (κ3) is 10.6. The van der Waals surface area contributed by atoms with Crippen LogP contribution in [0.4, 0.5) is 4.79 Å². The summed E-state index contributed by atoms with van der Waals surface area (Å²) in [7, 11) is -0.502. The van der Waals surface area contributed by atoms with Gasteiger partial charge in [-0.2, -0.15) is 0 Å². The Bertz CT molecular complexity index is 489. The van der Waals surface area contributed by atoms with Crippen LogP contribution in [0.5, 0.6) is 0 Å². The summed E-state index contributed by atoms with van der Waals surface area (Å²) in [5, 5.41) is 2.68. The minimum atomic E-state index is -3.19. The number of hydrogen-bond acceptors (Lipinski definition) is 5. The first-order valence-electron chi connectivity index (χ1n) is 10.9. The molecule has 0 spiro atoms. The molecule has 0 radical (unpaired) electrons. The number of allylic oxidation sites excluding steroid dienone is 1. The summed E-state index contributed by atoms with van der Waals surface area (Å²) >= 11 is 0. The van der Waals surface area contributed by atoms with E-state index in [1.807, 2.05) is 6.08 Å². The topological polar surface area (TPSA) is 73.9 Å². The molecule has 7 heteroatoms. The Morgan fingerprint density at radius 3 is 2.04 bits per heavy atom. The molecule has 28 heavy (non-hydrogen) atoms. The van der Waals surface area contributed by atoms with Crippen LogP contribution in [0.25, 0.3) is 0 Å². The molecule has 1 rings (SSSR count). The zero-order valence-electron chi connectivity index (χ0n) is 18.0. The van der Waals surface area contributed by atoms with Crippen molar-refractivity contribution in [1.29, 1.82) is 0 Å². The average molecular weight is 418 g/mol. The molecular formula is C21H40NO5P. The summed E-state index contributed by atoms with van der Waals surface area (Å²) in [5.74, 6) is 0. The van der Waals surface area contributed by atoms with E-state index in [0.717, 1.165) is 12.8 Å². The lowest BCUT2D eigenvalue weighted by Gasteiger charge is -2.19. The number of hydrogen-bond donors (Lipinski definition) is 1. The molecule has 1 fully saturated rings. The third-order valence-corrected chi connectivity index (χ3v) is 7.17. The van der Waals surface area contributed by atoms with Crippen molar-refractivity contribution < 1.29 is 23.1 Å². The summed E-state index contributed by atoms with van der Waals surface area (Å²) in [5.41, 5.74) is 0. The van der Waals surface area contributed by atoms with E-state index in [2.05, 4.69) is 18.3 Å². The normalized spacial score (nSPS) is 19.9. The van der Waals surface area contributed by atoms with Gasteiger partial charge >= 0.3 is 13.7 Å². The van der Waals surface area contributed by atoms with Crippen LogP contribution in [-0.4, -0.2) is 38.6 Å². The van der Waals surface area contributed by atoms with Crippen molar-refractivity contribution in [2.75, 3.05) is 20.4 Å². The maximum atomic E-state index is 12.3. The van der Waals surface area contributed by atoms with E-state index in [1.165, 1.54) is 78.4 Å². The van der Waals surface area contributed by atoms with Gasteiger partial charge < -0.3 is 19.1 Å². The number of ether oxygens (including phenoxy) is 1. The van der Waals surface area contributed by atoms with Gasteiger partial charge in [0.05, 0.1) is 12.2 Å². The fourth-order valence-electron chi connectivity index (χ4n) is 3.42. The Morgan fingerprint density at radius 1 is 0.964 bits per heavy atom. The second-order valence-electron chi connectivity index (χ2n) is 7.53. The van der Waals surface area contributed by atoms with E-state index in [-0.39, 0.29) is 6.16 Å². The monoisotopic (exact) mass is 417 g/mol. The molecule has 0 aromatic heterocycles. The Labute approximate surface area is 171 Å². The maximum Gasteiger partial charge on any atom is 0.408 e. The van der Waals surface area contributed by atoms with Gasteiger partial charge in [-0.1, -0.05) is 77.2 Å². The average Bonchev–Trinajstić information content (AvgIpc) is 3.04. The van der Waals surface area contributed by atoms with Gasteiger partial charge in [-0.15, -0.1) is 0 Å². The summed E-state index contributed by atoms with van der Waals surface area (Å²) in [6.07, 6.45) is 18.6. The van der Waals surface area contributed by atoms with Gasteiger partial charge in [-0.25, -0.2) is 4.79 Å². The smallest absolute Gasteiger partial charge is 0.408 e. The molecule has 1 aliphatic rings. The molecule has 1 N–H and O–H groups in total. The number of unbranched alkanes of at least 4 members (excludes halogenated alkanes) is 11. The highest BCUT2D eigenvalue weighted by atomic mass is 31.2. The number of carbonyl (C=O) groups is 1. The van der Waals surface area contributed by atoms with Gasteiger partial charge in [0, 0.05) is 14.2 Å². The first-order chi connectivity index (χ1) is 13.5. The van der Waals surface area contributed by atoms with Crippen molar-refractivity contribution >= 4 is 13.7 Å². The summed E-state index contributed by atoms with van der Waals surface area (Å²) in [4.78, 5) is 11.5. The van der Waals surface area contributed by atoms with Gasteiger partial charge in [0.1, 0.15) is 6.10 Å². The van der Waals surface area contributed by atoms with Crippen molar-refractivity contribution in [1.82, 2.24) is 5.32 Å². The van der Waals surface area contributed by atoms with Crippen molar-refractivity contribution in [2.45, 2.75) is 96.1 Å². The Morgan fingerprint density at radius 2 is 1.50 bits per heavy atom. The molecule has 0 aromatic rings. The van der Waals surface area contributed by atoms with Crippen LogP contribution < -0.4 is 5.32 Å². The predicted octanol–water partition coefficient (Wildman–Crippen LogP) is 6.21. The number of carbonyl (C=O) groups excluding carboxylic acids is 1. The molecular weight excluding hydrogens is 377 g/mol. The Balaban J connectivity index is 2.12. The predicted molar refractivity (Wildman–Crippen MR) is 114 cm³/mol. The second-order valence-corrected chi connectivity index (χ2v) is 9.85. The van der Waals surface area contributed by atoms with Crippen LogP contribution >= 0.6 is 7.60 Å². The minimum absolute atomic E-state index is 0.0964. The van der Waals surface area contributed by atoms with Crippen LogP contribution in [-0.2, 0) is 18.3 Å². The second kappa shape index (κ2) is 15.1. The first kappa shape index (κ1) is 25.2. The van der Waals surface area contributed by atoms with E-state index in [4.69, 9.17) is 13.8 Å². The van der Waals surface area contributed by atoms with Gasteiger partial charge in [0.25, 0.3) is 0 Å². The lowest BCUT2D eigenvalue weighted by molar-refractivity contribution is 0.153. The van der Waals surface area contributed by atoms with Crippen LogP contribution in [0.3, 0.4) is 0 Å². The fourth-order valence-corrected chi connectivity index (χ4v) is 4.65. The quantitative estimate of drug-likeness (QED) is 0.173. The van der Waals surface area contributed by atoms with Crippen LogP contribution in [0.15, 0.2) is 12.2 Å². The van der Waals surface area contributed by atoms with Gasteiger partial charge in [-0.3, -0.25) is 4.57 Å². The maximum absolute atomic E-state index is 12.3. The summed E-state index contributed by atoms with van der Waals surface area (Å²) < 4.78 is 27.4. The van der Waals surface area contributed by atoms with E-state index >= 15 is 0 Å². The van der Waals surface area contributed by atoms with E-state index in [9.17, 15) is 9.36 Å². The number of cyclic esters (lactones) is 1. The van der Waals surface area contributed by atoms with E-state index in [1.54, 1.807) is 0 Å². The van der Waals surface area contributed by atoms with Crippen molar-refractivity contribution in [2.24, 2.45) is 0 Å². The highest BCUT2D eigenvalue weighted by Crippen LogP contribution is 2.47. The molecule has 0 aromatic carbocycles. The van der Waals surface area contributed by atoms with Crippen LogP contribution in [0.2, 0.25) is 0 Å². The number of nitrogens with one attached hydrogen (secondary N) is 1. The molecule has 1 heterocycles. The zero-order valence-corrected chi connectivity index (χ0v) is 18.9. The largest absolute Gasteiger partial charge is 0.440 e. The molecule has 1 saturated heterocycles. The molecule has 2 atom stereocenters. The van der Waals surface area contributed by atoms with Gasteiger partial charge in [-0.05, 0) is 18.9 Å².